The highest BCUT2D eigenvalue weighted by atomic mass is 16.5. The van der Waals surface area contributed by atoms with E-state index < -0.39 is 0 Å². The molecule has 1 atom stereocenters. The van der Waals surface area contributed by atoms with Crippen molar-refractivity contribution in [2.75, 3.05) is 30.8 Å². The zero-order valence-electron chi connectivity index (χ0n) is 12.6. The van der Waals surface area contributed by atoms with E-state index in [0.717, 1.165) is 6.54 Å². The monoisotopic (exact) mass is 287 g/mol. The van der Waals surface area contributed by atoms with Gasteiger partial charge in [-0.05, 0) is 18.4 Å². The molecular weight excluding hydrogens is 266 g/mol. The van der Waals surface area contributed by atoms with E-state index in [2.05, 4.69) is 44.6 Å². The molecule has 0 aliphatic rings. The molecule has 0 aliphatic heterocycles. The van der Waals surface area contributed by atoms with Gasteiger partial charge < -0.3 is 15.4 Å². The van der Waals surface area contributed by atoms with Gasteiger partial charge in [0.1, 0.15) is 0 Å². The minimum Gasteiger partial charge on any atom is -0.464 e. The molecule has 0 spiro atoms. The van der Waals surface area contributed by atoms with Crippen molar-refractivity contribution in [3.63, 3.8) is 0 Å². The highest BCUT2D eigenvalue weighted by Gasteiger charge is 2.09. The molecule has 2 aromatic rings. The number of nitrogens with zero attached hydrogens (tertiary/aromatic N) is 3. The topological polar surface area (TPSA) is 72.0 Å². The van der Waals surface area contributed by atoms with Crippen LogP contribution in [0.2, 0.25) is 0 Å². The Balaban J connectivity index is 2.03. The Hall–Kier alpha value is -2.37. The fraction of sp³-hybridized carbons (Fsp3) is 0.400. The number of hydrogen-bond donors (Lipinski definition) is 2. The number of aromatic nitrogens is 3. The molecule has 0 amide bonds. The van der Waals surface area contributed by atoms with E-state index in [1.54, 1.807) is 7.05 Å². The number of ether oxygens (including phenoxy) is 1. The molecule has 1 aromatic heterocycles. The second-order valence-corrected chi connectivity index (χ2v) is 4.64. The van der Waals surface area contributed by atoms with E-state index in [-0.39, 0.29) is 0 Å². The van der Waals surface area contributed by atoms with Crippen molar-refractivity contribution >= 4 is 11.9 Å². The summed E-state index contributed by atoms with van der Waals surface area (Å²) in [4.78, 5) is 12.6. The lowest BCUT2D eigenvalue weighted by atomic mass is 10.0. The molecule has 2 N–H and O–H groups in total. The lowest BCUT2D eigenvalue weighted by molar-refractivity contribution is 0.312. The second-order valence-electron chi connectivity index (χ2n) is 4.64. The van der Waals surface area contributed by atoms with Crippen molar-refractivity contribution in [1.82, 2.24) is 15.0 Å². The lowest BCUT2D eigenvalue weighted by Crippen LogP contribution is -2.14. The first-order valence-corrected chi connectivity index (χ1v) is 7.08. The van der Waals surface area contributed by atoms with Crippen molar-refractivity contribution in [1.29, 1.82) is 0 Å². The molecule has 0 saturated carbocycles. The first-order valence-electron chi connectivity index (χ1n) is 7.08. The van der Waals surface area contributed by atoms with Gasteiger partial charge in [0.25, 0.3) is 0 Å². The molecular formula is C15H21N5O. The minimum atomic E-state index is 0.326. The molecule has 0 fully saturated rings. The zero-order chi connectivity index (χ0) is 15.1. The highest BCUT2D eigenvalue weighted by molar-refractivity contribution is 5.36. The highest BCUT2D eigenvalue weighted by Crippen LogP contribution is 2.16. The van der Waals surface area contributed by atoms with Gasteiger partial charge in [-0.3, -0.25) is 0 Å². The molecule has 1 unspecified atom stereocenters. The molecule has 1 aromatic carbocycles. The molecule has 2 rings (SSSR count). The summed E-state index contributed by atoms with van der Waals surface area (Å²) in [5, 5.41) is 6.14. The summed E-state index contributed by atoms with van der Waals surface area (Å²) >= 11 is 0. The van der Waals surface area contributed by atoms with Gasteiger partial charge in [-0.25, -0.2) is 0 Å². The Labute approximate surface area is 125 Å². The van der Waals surface area contributed by atoms with E-state index >= 15 is 0 Å². The molecule has 0 aliphatic carbocycles. The molecule has 1 heterocycles. The Kier molecular flexibility index (Phi) is 5.31. The van der Waals surface area contributed by atoms with E-state index in [4.69, 9.17) is 4.74 Å². The maximum absolute atomic E-state index is 5.34. The smallest absolute Gasteiger partial charge is 0.323 e. The lowest BCUT2D eigenvalue weighted by Gasteiger charge is -2.13. The normalized spacial score (nSPS) is 11.8. The van der Waals surface area contributed by atoms with Crippen LogP contribution in [0.3, 0.4) is 0 Å². The average Bonchev–Trinajstić information content (AvgIpc) is 2.53. The molecule has 21 heavy (non-hydrogen) atoms. The first kappa shape index (κ1) is 15.0. The van der Waals surface area contributed by atoms with Crippen LogP contribution in [-0.2, 0) is 0 Å². The predicted molar refractivity (Wildman–Crippen MR) is 83.9 cm³/mol. The van der Waals surface area contributed by atoms with Gasteiger partial charge in [0.05, 0.1) is 6.61 Å². The quantitative estimate of drug-likeness (QED) is 0.815. The maximum atomic E-state index is 5.34. The average molecular weight is 287 g/mol. The van der Waals surface area contributed by atoms with Crippen molar-refractivity contribution < 1.29 is 4.74 Å². The van der Waals surface area contributed by atoms with Gasteiger partial charge in [-0.15, -0.1) is 0 Å². The Morgan fingerprint density at radius 3 is 2.48 bits per heavy atom. The van der Waals surface area contributed by atoms with Gasteiger partial charge in [0.15, 0.2) is 0 Å². The fourth-order valence-corrected chi connectivity index (χ4v) is 1.88. The van der Waals surface area contributed by atoms with E-state index in [9.17, 15) is 0 Å². The van der Waals surface area contributed by atoms with E-state index in [1.165, 1.54) is 5.56 Å². The summed E-state index contributed by atoms with van der Waals surface area (Å²) in [6, 6.07) is 10.7. The van der Waals surface area contributed by atoms with Crippen molar-refractivity contribution in [2.45, 2.75) is 19.8 Å². The molecule has 6 heteroatoms. The zero-order valence-corrected chi connectivity index (χ0v) is 12.6. The number of benzene rings is 1. The van der Waals surface area contributed by atoms with Gasteiger partial charge in [0, 0.05) is 13.6 Å². The number of rotatable bonds is 7. The predicted octanol–water partition coefficient (Wildman–Crippen LogP) is 2.53. The van der Waals surface area contributed by atoms with Crippen molar-refractivity contribution in [3.8, 4) is 6.01 Å². The summed E-state index contributed by atoms with van der Waals surface area (Å²) in [6.45, 7) is 5.31. The van der Waals surface area contributed by atoms with Gasteiger partial charge >= 0.3 is 6.01 Å². The molecule has 0 saturated heterocycles. The van der Waals surface area contributed by atoms with Crippen LogP contribution in [-0.4, -0.2) is 35.2 Å². The molecule has 0 radical (unpaired) electrons. The van der Waals surface area contributed by atoms with Crippen LogP contribution in [0, 0.1) is 0 Å². The number of anilines is 2. The third-order valence-corrected chi connectivity index (χ3v) is 3.05. The van der Waals surface area contributed by atoms with Gasteiger partial charge in [-0.2, -0.15) is 15.0 Å². The largest absolute Gasteiger partial charge is 0.464 e. The van der Waals surface area contributed by atoms with Crippen LogP contribution in [0.15, 0.2) is 30.3 Å². The summed E-state index contributed by atoms with van der Waals surface area (Å²) in [6.07, 6.45) is 0. The summed E-state index contributed by atoms with van der Waals surface area (Å²) in [5.74, 6) is 1.36. The van der Waals surface area contributed by atoms with Crippen molar-refractivity contribution in [2.24, 2.45) is 0 Å². The Morgan fingerprint density at radius 1 is 1.10 bits per heavy atom. The number of nitrogens with one attached hydrogen (secondary N) is 2. The van der Waals surface area contributed by atoms with Crippen LogP contribution in [0.25, 0.3) is 0 Å². The fourth-order valence-electron chi connectivity index (χ4n) is 1.88. The first-order chi connectivity index (χ1) is 10.2. The van der Waals surface area contributed by atoms with E-state index in [0.29, 0.717) is 30.4 Å². The molecule has 112 valence electrons. The van der Waals surface area contributed by atoms with Crippen LogP contribution < -0.4 is 15.4 Å². The minimum absolute atomic E-state index is 0.326. The number of hydrogen-bond acceptors (Lipinski definition) is 6. The van der Waals surface area contributed by atoms with E-state index in [1.807, 2.05) is 25.1 Å². The van der Waals surface area contributed by atoms with Crippen LogP contribution in [0.1, 0.15) is 25.3 Å². The van der Waals surface area contributed by atoms with Crippen LogP contribution in [0.4, 0.5) is 11.9 Å². The Morgan fingerprint density at radius 2 is 1.81 bits per heavy atom. The Bertz CT molecular complexity index is 561. The second kappa shape index (κ2) is 7.42. The molecule has 6 nitrogen and oxygen atoms in total. The summed E-state index contributed by atoms with van der Waals surface area (Å²) < 4.78 is 5.34. The third-order valence-electron chi connectivity index (χ3n) is 3.05. The third kappa shape index (κ3) is 4.30. The van der Waals surface area contributed by atoms with Gasteiger partial charge in [0.2, 0.25) is 11.9 Å². The summed E-state index contributed by atoms with van der Waals surface area (Å²) in [7, 11) is 1.77. The SMILES string of the molecule is CCOc1nc(NC)nc(NCC(C)c2ccccc2)n1. The van der Waals surface area contributed by atoms with Crippen molar-refractivity contribution in [3.05, 3.63) is 35.9 Å². The van der Waals surface area contributed by atoms with Crippen LogP contribution in [0.5, 0.6) is 6.01 Å². The van der Waals surface area contributed by atoms with Crippen LogP contribution >= 0.6 is 0 Å². The maximum Gasteiger partial charge on any atom is 0.323 e. The summed E-state index contributed by atoms with van der Waals surface area (Å²) in [5.41, 5.74) is 1.28. The standard InChI is InChI=1S/C15H21N5O/c1-4-21-15-19-13(16-3)18-14(20-15)17-10-11(2)12-8-6-5-7-9-12/h5-9,11H,4,10H2,1-3H3,(H2,16,17,18,19,20). The molecule has 0 bridgehead atoms. The van der Waals surface area contributed by atoms with Gasteiger partial charge in [-0.1, -0.05) is 37.3 Å².